The molecule has 2 rings (SSSR count). The molecular weight excluding hydrogens is 182 g/mol. The van der Waals surface area contributed by atoms with E-state index in [9.17, 15) is 0 Å². The van der Waals surface area contributed by atoms with Crippen LogP contribution in [0.4, 0.5) is 0 Å². The Morgan fingerprint density at radius 3 is 2.73 bits per heavy atom. The summed E-state index contributed by atoms with van der Waals surface area (Å²) in [6.07, 6.45) is 6.47. The zero-order valence-electron chi connectivity index (χ0n) is 9.58. The van der Waals surface area contributed by atoms with Gasteiger partial charge < -0.3 is 5.73 Å². The summed E-state index contributed by atoms with van der Waals surface area (Å²) in [6.45, 7) is 2.19. The van der Waals surface area contributed by atoms with Crippen LogP contribution in [-0.2, 0) is 6.42 Å². The average molecular weight is 203 g/mol. The van der Waals surface area contributed by atoms with Crippen LogP contribution in [-0.4, -0.2) is 0 Å². The Morgan fingerprint density at radius 1 is 1.33 bits per heavy atom. The second-order valence-corrected chi connectivity index (χ2v) is 4.67. The number of rotatable bonds is 3. The Labute approximate surface area is 92.7 Å². The van der Waals surface area contributed by atoms with Crippen molar-refractivity contribution in [2.45, 2.75) is 45.1 Å². The summed E-state index contributed by atoms with van der Waals surface area (Å²) in [5.74, 6) is 0.720. The largest absolute Gasteiger partial charge is 0.324 e. The molecule has 1 nitrogen and oxygen atoms in total. The van der Waals surface area contributed by atoms with Gasteiger partial charge >= 0.3 is 0 Å². The summed E-state index contributed by atoms with van der Waals surface area (Å²) < 4.78 is 0. The molecule has 0 aromatic heterocycles. The minimum absolute atomic E-state index is 0.263. The van der Waals surface area contributed by atoms with Crippen molar-refractivity contribution in [2.24, 2.45) is 11.7 Å². The van der Waals surface area contributed by atoms with Crippen molar-refractivity contribution in [1.29, 1.82) is 0 Å². The quantitative estimate of drug-likeness (QED) is 0.800. The molecule has 1 aliphatic carbocycles. The second-order valence-electron chi connectivity index (χ2n) is 4.67. The van der Waals surface area contributed by atoms with Gasteiger partial charge in [-0.1, -0.05) is 44.0 Å². The van der Waals surface area contributed by atoms with E-state index >= 15 is 0 Å². The first kappa shape index (κ1) is 10.7. The van der Waals surface area contributed by atoms with Crippen molar-refractivity contribution in [2.75, 3.05) is 0 Å². The number of hydrogen-bond acceptors (Lipinski definition) is 1. The highest BCUT2D eigenvalue weighted by Gasteiger charge is 2.22. The first-order valence-corrected chi connectivity index (χ1v) is 6.15. The van der Waals surface area contributed by atoms with Crippen LogP contribution in [0.3, 0.4) is 0 Å². The van der Waals surface area contributed by atoms with E-state index in [0.29, 0.717) is 0 Å². The van der Waals surface area contributed by atoms with E-state index in [1.807, 2.05) is 0 Å². The second kappa shape index (κ2) is 4.80. The molecule has 1 aromatic rings. The van der Waals surface area contributed by atoms with Crippen LogP contribution in [0.15, 0.2) is 24.3 Å². The third kappa shape index (κ3) is 2.40. The summed E-state index contributed by atoms with van der Waals surface area (Å²) in [7, 11) is 0. The van der Waals surface area contributed by atoms with Gasteiger partial charge in [-0.25, -0.2) is 0 Å². The van der Waals surface area contributed by atoms with E-state index in [-0.39, 0.29) is 6.04 Å². The van der Waals surface area contributed by atoms with E-state index in [1.54, 1.807) is 0 Å². The van der Waals surface area contributed by atoms with E-state index < -0.39 is 0 Å². The van der Waals surface area contributed by atoms with Crippen LogP contribution >= 0.6 is 0 Å². The van der Waals surface area contributed by atoms with Crippen LogP contribution in [0.5, 0.6) is 0 Å². The maximum Gasteiger partial charge on any atom is 0.0323 e. The van der Waals surface area contributed by atoms with Crippen molar-refractivity contribution in [3.8, 4) is 0 Å². The third-order valence-electron chi connectivity index (χ3n) is 3.65. The molecule has 1 aromatic carbocycles. The molecule has 15 heavy (non-hydrogen) atoms. The van der Waals surface area contributed by atoms with Crippen molar-refractivity contribution in [3.63, 3.8) is 0 Å². The molecule has 82 valence electrons. The highest BCUT2D eigenvalue weighted by molar-refractivity contribution is 5.26. The molecule has 0 aliphatic heterocycles. The predicted octanol–water partition coefficient (Wildman–Crippen LogP) is 3.44. The first-order chi connectivity index (χ1) is 7.31. The average Bonchev–Trinajstić information content (AvgIpc) is 2.81. The maximum atomic E-state index is 6.32. The maximum absolute atomic E-state index is 6.32. The molecule has 2 N–H and O–H groups in total. The fourth-order valence-corrected chi connectivity index (χ4v) is 2.61. The molecular formula is C14H21N. The number of benzene rings is 1. The van der Waals surface area contributed by atoms with Gasteiger partial charge in [0.15, 0.2) is 0 Å². The lowest BCUT2D eigenvalue weighted by Gasteiger charge is -2.19. The fraction of sp³-hybridized carbons (Fsp3) is 0.571. The smallest absolute Gasteiger partial charge is 0.0323 e. The molecule has 0 saturated heterocycles. The van der Waals surface area contributed by atoms with Crippen LogP contribution in [0.25, 0.3) is 0 Å². The monoisotopic (exact) mass is 203 g/mol. The Hall–Kier alpha value is -0.820. The summed E-state index contributed by atoms with van der Waals surface area (Å²) in [4.78, 5) is 0. The van der Waals surface area contributed by atoms with E-state index in [1.165, 1.54) is 36.8 Å². The lowest BCUT2D eigenvalue weighted by molar-refractivity contribution is 0.444. The lowest BCUT2D eigenvalue weighted by atomic mass is 9.91. The highest BCUT2D eigenvalue weighted by atomic mass is 14.7. The summed E-state index contributed by atoms with van der Waals surface area (Å²) in [5, 5.41) is 0. The highest BCUT2D eigenvalue weighted by Crippen LogP contribution is 2.34. The Kier molecular flexibility index (Phi) is 3.42. The lowest BCUT2D eigenvalue weighted by Crippen LogP contribution is -2.19. The topological polar surface area (TPSA) is 26.0 Å². The predicted molar refractivity (Wildman–Crippen MR) is 64.7 cm³/mol. The molecule has 1 aliphatic rings. The molecule has 1 unspecified atom stereocenters. The van der Waals surface area contributed by atoms with Gasteiger partial charge in [0.05, 0.1) is 0 Å². The van der Waals surface area contributed by atoms with E-state index in [4.69, 9.17) is 5.73 Å². The van der Waals surface area contributed by atoms with Gasteiger partial charge in [0.1, 0.15) is 0 Å². The number of hydrogen-bond donors (Lipinski definition) is 1. The summed E-state index contributed by atoms with van der Waals surface area (Å²) in [6, 6.07) is 9.05. The molecule has 1 atom stereocenters. The van der Waals surface area contributed by atoms with Gasteiger partial charge in [-0.05, 0) is 36.3 Å². The van der Waals surface area contributed by atoms with E-state index in [0.717, 1.165) is 12.3 Å². The Morgan fingerprint density at radius 2 is 2.07 bits per heavy atom. The summed E-state index contributed by atoms with van der Waals surface area (Å²) in [5.41, 5.74) is 9.06. The summed E-state index contributed by atoms with van der Waals surface area (Å²) >= 11 is 0. The van der Waals surface area contributed by atoms with Crippen molar-refractivity contribution < 1.29 is 0 Å². The minimum Gasteiger partial charge on any atom is -0.324 e. The Balaban J connectivity index is 2.13. The van der Waals surface area contributed by atoms with Crippen LogP contribution in [0, 0.1) is 5.92 Å². The van der Waals surface area contributed by atoms with Crippen LogP contribution < -0.4 is 5.73 Å². The van der Waals surface area contributed by atoms with Gasteiger partial charge in [0.25, 0.3) is 0 Å². The SMILES string of the molecule is CCc1cccc(C(N)C2CCCC2)c1. The molecule has 0 heterocycles. The van der Waals surface area contributed by atoms with Crippen LogP contribution in [0.2, 0.25) is 0 Å². The van der Waals surface area contributed by atoms with Crippen molar-refractivity contribution >= 4 is 0 Å². The molecule has 1 saturated carbocycles. The van der Waals surface area contributed by atoms with Gasteiger partial charge in [-0.3, -0.25) is 0 Å². The molecule has 0 amide bonds. The van der Waals surface area contributed by atoms with E-state index in [2.05, 4.69) is 31.2 Å². The molecule has 1 heteroatoms. The van der Waals surface area contributed by atoms with Crippen molar-refractivity contribution in [1.82, 2.24) is 0 Å². The number of nitrogens with two attached hydrogens (primary N) is 1. The van der Waals surface area contributed by atoms with Crippen LogP contribution in [0.1, 0.15) is 49.8 Å². The van der Waals surface area contributed by atoms with Gasteiger partial charge in [0, 0.05) is 6.04 Å². The number of aryl methyl sites for hydroxylation is 1. The third-order valence-corrected chi connectivity index (χ3v) is 3.65. The van der Waals surface area contributed by atoms with Gasteiger partial charge in [-0.2, -0.15) is 0 Å². The minimum atomic E-state index is 0.263. The zero-order chi connectivity index (χ0) is 10.7. The van der Waals surface area contributed by atoms with Gasteiger partial charge in [0.2, 0.25) is 0 Å². The van der Waals surface area contributed by atoms with Crippen molar-refractivity contribution in [3.05, 3.63) is 35.4 Å². The molecule has 1 fully saturated rings. The molecule has 0 spiro atoms. The Bertz CT molecular complexity index is 313. The standard InChI is InChI=1S/C14H21N/c1-2-11-6-5-9-13(10-11)14(15)12-7-3-4-8-12/h5-6,9-10,12,14H,2-4,7-8,15H2,1H3. The molecule has 0 bridgehead atoms. The normalized spacial score (nSPS) is 19.3. The zero-order valence-corrected chi connectivity index (χ0v) is 9.58. The fourth-order valence-electron chi connectivity index (χ4n) is 2.61. The molecule has 0 radical (unpaired) electrons. The van der Waals surface area contributed by atoms with Gasteiger partial charge in [-0.15, -0.1) is 0 Å². The first-order valence-electron chi connectivity index (χ1n) is 6.15.